The van der Waals surface area contributed by atoms with Crippen LogP contribution in [0.5, 0.6) is 0 Å². The molecule has 0 saturated heterocycles. The maximum atomic E-state index is 12.7. The van der Waals surface area contributed by atoms with Gasteiger partial charge in [-0.15, -0.1) is 0 Å². The minimum absolute atomic E-state index is 0.0271. The number of carbonyl (C=O) groups excluding carboxylic acids is 1. The standard InChI is InChI=1S/C21H17N3O/c1-24(14-15-7-3-2-4-8-15)21(25)16-11-12-19-20(13-16)23-18-10-6-5-9-17(18)22-19/h2-13H,14H2,1H3. The zero-order chi connectivity index (χ0) is 17.2. The molecule has 1 amide bonds. The van der Waals surface area contributed by atoms with Crippen LogP contribution in [0.15, 0.2) is 72.8 Å². The van der Waals surface area contributed by atoms with Crippen molar-refractivity contribution in [1.82, 2.24) is 14.9 Å². The highest BCUT2D eigenvalue weighted by molar-refractivity contribution is 5.98. The Kier molecular flexibility index (Phi) is 3.86. The third kappa shape index (κ3) is 3.06. The van der Waals surface area contributed by atoms with Crippen LogP contribution >= 0.6 is 0 Å². The predicted octanol–water partition coefficient (Wildman–Crippen LogP) is 4.06. The van der Waals surface area contributed by atoms with Crippen molar-refractivity contribution in [3.05, 3.63) is 83.9 Å². The summed E-state index contributed by atoms with van der Waals surface area (Å²) in [7, 11) is 1.81. The van der Waals surface area contributed by atoms with Gasteiger partial charge in [0.05, 0.1) is 22.1 Å². The summed E-state index contributed by atoms with van der Waals surface area (Å²) in [5.74, 6) is -0.0271. The van der Waals surface area contributed by atoms with Crippen LogP contribution in [0.3, 0.4) is 0 Å². The van der Waals surface area contributed by atoms with Crippen molar-refractivity contribution in [2.75, 3.05) is 7.05 Å². The van der Waals surface area contributed by atoms with E-state index in [9.17, 15) is 4.79 Å². The first-order valence-corrected chi connectivity index (χ1v) is 8.17. The Labute approximate surface area is 145 Å². The van der Waals surface area contributed by atoms with Gasteiger partial charge in [0.1, 0.15) is 0 Å². The molecule has 4 rings (SSSR count). The number of para-hydroxylation sites is 2. The SMILES string of the molecule is CN(Cc1ccccc1)C(=O)c1ccc2nc3ccccc3nc2c1. The molecule has 0 spiro atoms. The molecule has 0 aliphatic heterocycles. The molecule has 0 bridgehead atoms. The van der Waals surface area contributed by atoms with Crippen molar-refractivity contribution in [3.63, 3.8) is 0 Å². The number of nitrogens with zero attached hydrogens (tertiary/aromatic N) is 3. The number of benzene rings is 3. The first-order chi connectivity index (χ1) is 12.2. The summed E-state index contributed by atoms with van der Waals surface area (Å²) in [5, 5.41) is 0. The number of amides is 1. The second-order valence-corrected chi connectivity index (χ2v) is 6.06. The lowest BCUT2D eigenvalue weighted by Crippen LogP contribution is -2.26. The van der Waals surface area contributed by atoms with Gasteiger partial charge in [-0.25, -0.2) is 9.97 Å². The fourth-order valence-corrected chi connectivity index (χ4v) is 2.90. The van der Waals surface area contributed by atoms with Crippen molar-refractivity contribution in [2.45, 2.75) is 6.54 Å². The van der Waals surface area contributed by atoms with E-state index in [1.807, 2.05) is 79.8 Å². The lowest BCUT2D eigenvalue weighted by atomic mass is 10.1. The molecular formula is C21H17N3O. The van der Waals surface area contributed by atoms with Gasteiger partial charge < -0.3 is 4.90 Å². The van der Waals surface area contributed by atoms with E-state index in [2.05, 4.69) is 9.97 Å². The Morgan fingerprint density at radius 1 is 0.800 bits per heavy atom. The number of fused-ring (bicyclic) bond motifs is 2. The van der Waals surface area contributed by atoms with Crippen LogP contribution in [-0.4, -0.2) is 27.8 Å². The maximum Gasteiger partial charge on any atom is 0.253 e. The zero-order valence-corrected chi connectivity index (χ0v) is 13.9. The number of carbonyl (C=O) groups is 1. The summed E-state index contributed by atoms with van der Waals surface area (Å²) in [6.45, 7) is 0.571. The van der Waals surface area contributed by atoms with Gasteiger partial charge in [0.25, 0.3) is 5.91 Å². The molecule has 4 aromatic rings. The number of rotatable bonds is 3. The largest absolute Gasteiger partial charge is 0.337 e. The molecule has 0 unspecified atom stereocenters. The van der Waals surface area contributed by atoms with Gasteiger partial charge in [-0.2, -0.15) is 0 Å². The molecular weight excluding hydrogens is 310 g/mol. The summed E-state index contributed by atoms with van der Waals surface area (Å²) in [6, 6.07) is 23.2. The second kappa shape index (κ2) is 6.32. The molecule has 3 aromatic carbocycles. The fraction of sp³-hybridized carbons (Fsp3) is 0.0952. The van der Waals surface area contributed by atoms with E-state index < -0.39 is 0 Å². The highest BCUT2D eigenvalue weighted by atomic mass is 16.2. The molecule has 122 valence electrons. The molecule has 4 heteroatoms. The molecule has 0 aliphatic rings. The van der Waals surface area contributed by atoms with Crippen LogP contribution in [0, 0.1) is 0 Å². The molecule has 0 aliphatic carbocycles. The topological polar surface area (TPSA) is 46.1 Å². The lowest BCUT2D eigenvalue weighted by molar-refractivity contribution is 0.0785. The molecule has 1 heterocycles. The van der Waals surface area contributed by atoms with Gasteiger partial charge in [-0.05, 0) is 35.9 Å². The summed E-state index contributed by atoms with van der Waals surface area (Å²) in [4.78, 5) is 23.7. The predicted molar refractivity (Wildman–Crippen MR) is 99.3 cm³/mol. The van der Waals surface area contributed by atoms with Crippen molar-refractivity contribution >= 4 is 28.0 Å². The number of hydrogen-bond acceptors (Lipinski definition) is 3. The molecule has 0 atom stereocenters. The Bertz CT molecular complexity index is 1060. The Balaban J connectivity index is 1.66. The highest BCUT2D eigenvalue weighted by Gasteiger charge is 2.13. The van der Waals surface area contributed by atoms with E-state index in [0.717, 1.165) is 27.6 Å². The third-order valence-electron chi connectivity index (χ3n) is 4.20. The Morgan fingerprint density at radius 3 is 2.12 bits per heavy atom. The molecule has 0 fully saturated rings. The molecule has 4 nitrogen and oxygen atoms in total. The van der Waals surface area contributed by atoms with Crippen molar-refractivity contribution < 1.29 is 4.79 Å². The van der Waals surface area contributed by atoms with Gasteiger partial charge in [0.15, 0.2) is 0 Å². The minimum Gasteiger partial charge on any atom is -0.337 e. The molecule has 1 aromatic heterocycles. The van der Waals surface area contributed by atoms with Crippen LogP contribution < -0.4 is 0 Å². The van der Waals surface area contributed by atoms with E-state index in [4.69, 9.17) is 0 Å². The average molecular weight is 327 g/mol. The van der Waals surface area contributed by atoms with Gasteiger partial charge in [-0.3, -0.25) is 4.79 Å². The minimum atomic E-state index is -0.0271. The maximum absolute atomic E-state index is 12.7. The van der Waals surface area contributed by atoms with Gasteiger partial charge in [-0.1, -0.05) is 42.5 Å². The van der Waals surface area contributed by atoms with Crippen molar-refractivity contribution in [3.8, 4) is 0 Å². The van der Waals surface area contributed by atoms with Crippen molar-refractivity contribution in [1.29, 1.82) is 0 Å². The van der Waals surface area contributed by atoms with E-state index in [1.165, 1.54) is 0 Å². The van der Waals surface area contributed by atoms with Crippen LogP contribution in [0.4, 0.5) is 0 Å². The monoisotopic (exact) mass is 327 g/mol. The summed E-state index contributed by atoms with van der Waals surface area (Å²) in [5.41, 5.74) is 4.94. The first kappa shape index (κ1) is 15.3. The summed E-state index contributed by atoms with van der Waals surface area (Å²) >= 11 is 0. The quantitative estimate of drug-likeness (QED) is 0.533. The fourth-order valence-electron chi connectivity index (χ4n) is 2.90. The van der Waals surface area contributed by atoms with E-state index in [0.29, 0.717) is 12.1 Å². The Morgan fingerprint density at radius 2 is 1.40 bits per heavy atom. The van der Waals surface area contributed by atoms with Crippen LogP contribution in [0.1, 0.15) is 15.9 Å². The Hall–Kier alpha value is -3.27. The highest BCUT2D eigenvalue weighted by Crippen LogP contribution is 2.18. The number of aromatic nitrogens is 2. The van der Waals surface area contributed by atoms with E-state index in [1.54, 1.807) is 4.90 Å². The molecule has 25 heavy (non-hydrogen) atoms. The smallest absolute Gasteiger partial charge is 0.253 e. The molecule has 0 radical (unpaired) electrons. The summed E-state index contributed by atoms with van der Waals surface area (Å²) < 4.78 is 0. The van der Waals surface area contributed by atoms with E-state index in [-0.39, 0.29) is 5.91 Å². The first-order valence-electron chi connectivity index (χ1n) is 8.17. The van der Waals surface area contributed by atoms with Gasteiger partial charge >= 0.3 is 0 Å². The van der Waals surface area contributed by atoms with Crippen LogP contribution in [-0.2, 0) is 6.54 Å². The summed E-state index contributed by atoms with van der Waals surface area (Å²) in [6.07, 6.45) is 0. The van der Waals surface area contributed by atoms with Gasteiger partial charge in [0.2, 0.25) is 0 Å². The molecule has 0 N–H and O–H groups in total. The average Bonchev–Trinajstić information content (AvgIpc) is 2.66. The second-order valence-electron chi connectivity index (χ2n) is 6.06. The lowest BCUT2D eigenvalue weighted by Gasteiger charge is -2.17. The molecule has 0 saturated carbocycles. The van der Waals surface area contributed by atoms with Crippen LogP contribution in [0.2, 0.25) is 0 Å². The normalized spacial score (nSPS) is 10.9. The van der Waals surface area contributed by atoms with Crippen molar-refractivity contribution in [2.24, 2.45) is 0 Å². The third-order valence-corrected chi connectivity index (χ3v) is 4.20. The zero-order valence-electron chi connectivity index (χ0n) is 13.9. The van der Waals surface area contributed by atoms with Crippen LogP contribution in [0.25, 0.3) is 22.1 Å². The van der Waals surface area contributed by atoms with Gasteiger partial charge in [0, 0.05) is 19.2 Å². The number of hydrogen-bond donors (Lipinski definition) is 0. The van der Waals surface area contributed by atoms with E-state index >= 15 is 0 Å².